The van der Waals surface area contributed by atoms with Gasteiger partial charge in [0.25, 0.3) is 5.91 Å². The molecule has 1 amide bonds. The molecule has 136 valence electrons. The maximum Gasteiger partial charge on any atom is 0.261 e. The third-order valence-corrected chi connectivity index (χ3v) is 4.68. The molecule has 2 heterocycles. The predicted molar refractivity (Wildman–Crippen MR) is 101 cm³/mol. The summed E-state index contributed by atoms with van der Waals surface area (Å²) in [6.07, 6.45) is 1.32. The molecule has 1 aromatic heterocycles. The lowest BCUT2D eigenvalue weighted by Gasteiger charge is -2.11. The number of nitrogens with one attached hydrogen (secondary N) is 1. The van der Waals surface area contributed by atoms with Gasteiger partial charge in [0.1, 0.15) is 5.82 Å². The molecular weight excluding hydrogens is 367 g/mol. The number of fused-ring (bicyclic) bond motifs is 1. The SMILES string of the molecule is O=C(NCc1cccc(Cl)c1)C1Cc2c(-c3cccc(F)c3)ccnc2O1. The van der Waals surface area contributed by atoms with E-state index in [0.717, 1.165) is 22.3 Å². The van der Waals surface area contributed by atoms with E-state index in [1.165, 1.54) is 12.1 Å². The van der Waals surface area contributed by atoms with Crippen LogP contribution in [0.4, 0.5) is 4.39 Å². The van der Waals surface area contributed by atoms with Crippen molar-refractivity contribution in [1.82, 2.24) is 10.3 Å². The number of pyridine rings is 1. The van der Waals surface area contributed by atoms with Crippen molar-refractivity contribution in [2.45, 2.75) is 19.1 Å². The maximum atomic E-state index is 13.6. The topological polar surface area (TPSA) is 51.2 Å². The number of halogens is 2. The number of hydrogen-bond acceptors (Lipinski definition) is 3. The van der Waals surface area contributed by atoms with Crippen LogP contribution in [0, 0.1) is 5.82 Å². The zero-order chi connectivity index (χ0) is 18.8. The number of carbonyl (C=O) groups is 1. The van der Waals surface area contributed by atoms with Gasteiger partial charge in [0.05, 0.1) is 0 Å². The zero-order valence-electron chi connectivity index (χ0n) is 14.3. The molecule has 1 unspecified atom stereocenters. The average molecular weight is 383 g/mol. The fraction of sp³-hybridized carbons (Fsp3) is 0.143. The lowest BCUT2D eigenvalue weighted by molar-refractivity contribution is -0.127. The van der Waals surface area contributed by atoms with Crippen LogP contribution in [0.5, 0.6) is 5.88 Å². The average Bonchev–Trinajstić information content (AvgIpc) is 3.10. The third kappa shape index (κ3) is 3.78. The Morgan fingerprint density at radius 2 is 2.07 bits per heavy atom. The number of rotatable bonds is 4. The second-order valence-corrected chi connectivity index (χ2v) is 6.75. The molecule has 2 aromatic carbocycles. The Labute approximate surface area is 161 Å². The van der Waals surface area contributed by atoms with E-state index in [4.69, 9.17) is 16.3 Å². The van der Waals surface area contributed by atoms with Gasteiger partial charge >= 0.3 is 0 Å². The molecule has 0 saturated carbocycles. The summed E-state index contributed by atoms with van der Waals surface area (Å²) in [7, 11) is 0. The molecule has 0 fully saturated rings. The maximum absolute atomic E-state index is 13.6. The lowest BCUT2D eigenvalue weighted by atomic mass is 9.98. The molecule has 1 N–H and O–H groups in total. The first-order chi connectivity index (χ1) is 13.1. The van der Waals surface area contributed by atoms with Crippen molar-refractivity contribution >= 4 is 17.5 Å². The third-order valence-electron chi connectivity index (χ3n) is 4.44. The van der Waals surface area contributed by atoms with Gasteiger partial charge < -0.3 is 10.1 Å². The highest BCUT2D eigenvalue weighted by Crippen LogP contribution is 2.35. The summed E-state index contributed by atoms with van der Waals surface area (Å²) in [6, 6.07) is 15.5. The number of aromatic nitrogens is 1. The van der Waals surface area contributed by atoms with Crippen LogP contribution in [0.3, 0.4) is 0 Å². The van der Waals surface area contributed by atoms with Crippen LogP contribution >= 0.6 is 11.6 Å². The predicted octanol–water partition coefficient (Wildman–Crippen LogP) is 4.16. The van der Waals surface area contributed by atoms with Crippen LogP contribution < -0.4 is 10.1 Å². The number of amides is 1. The van der Waals surface area contributed by atoms with Crippen molar-refractivity contribution in [1.29, 1.82) is 0 Å². The van der Waals surface area contributed by atoms with Crippen molar-refractivity contribution < 1.29 is 13.9 Å². The molecule has 4 rings (SSSR count). The van der Waals surface area contributed by atoms with Crippen molar-refractivity contribution in [3.63, 3.8) is 0 Å². The molecule has 0 aliphatic carbocycles. The quantitative estimate of drug-likeness (QED) is 0.737. The van der Waals surface area contributed by atoms with E-state index in [2.05, 4.69) is 10.3 Å². The van der Waals surface area contributed by atoms with E-state index >= 15 is 0 Å². The minimum atomic E-state index is -0.665. The van der Waals surface area contributed by atoms with Gasteiger partial charge in [-0.05, 0) is 47.0 Å². The van der Waals surface area contributed by atoms with E-state index in [1.54, 1.807) is 24.4 Å². The Balaban J connectivity index is 1.49. The van der Waals surface area contributed by atoms with E-state index in [1.807, 2.05) is 24.3 Å². The summed E-state index contributed by atoms with van der Waals surface area (Å²) in [6.45, 7) is 0.361. The number of carbonyl (C=O) groups excluding carboxylic acids is 1. The van der Waals surface area contributed by atoms with Gasteiger partial charge in [-0.2, -0.15) is 0 Å². The Bertz CT molecular complexity index is 1010. The van der Waals surface area contributed by atoms with E-state index < -0.39 is 6.10 Å². The van der Waals surface area contributed by atoms with E-state index in [0.29, 0.717) is 23.9 Å². The number of nitrogens with zero attached hydrogens (tertiary/aromatic N) is 1. The number of ether oxygens (including phenoxy) is 1. The fourth-order valence-corrected chi connectivity index (χ4v) is 3.37. The molecule has 1 aliphatic heterocycles. The molecular formula is C21H16ClFN2O2. The van der Waals surface area contributed by atoms with Gasteiger partial charge in [-0.3, -0.25) is 4.79 Å². The minimum Gasteiger partial charge on any atom is -0.464 e. The molecule has 1 atom stereocenters. The molecule has 27 heavy (non-hydrogen) atoms. The minimum absolute atomic E-state index is 0.224. The molecule has 4 nitrogen and oxygen atoms in total. The standard InChI is InChI=1S/C21H16ClFN2O2/c22-15-5-1-3-13(9-15)12-25-20(26)19-11-18-17(7-8-24-21(18)27-19)14-4-2-6-16(23)10-14/h1-10,19H,11-12H2,(H,25,26). The van der Waals surface area contributed by atoms with Crippen molar-refractivity contribution in [2.24, 2.45) is 0 Å². The molecule has 1 aliphatic rings. The van der Waals surface area contributed by atoms with Gasteiger partial charge in [0.15, 0.2) is 6.10 Å². The van der Waals surface area contributed by atoms with Gasteiger partial charge in [-0.15, -0.1) is 0 Å². The second-order valence-electron chi connectivity index (χ2n) is 6.31. The Morgan fingerprint density at radius 1 is 1.22 bits per heavy atom. The van der Waals surface area contributed by atoms with Crippen LogP contribution in [-0.4, -0.2) is 17.0 Å². The van der Waals surface area contributed by atoms with Gasteiger partial charge in [-0.1, -0.05) is 35.9 Å². The van der Waals surface area contributed by atoms with Crippen LogP contribution in [0.2, 0.25) is 5.02 Å². The number of hydrogen-bond donors (Lipinski definition) is 1. The highest BCUT2D eigenvalue weighted by atomic mass is 35.5. The summed E-state index contributed by atoms with van der Waals surface area (Å²) >= 11 is 5.96. The van der Waals surface area contributed by atoms with Crippen LogP contribution in [0.1, 0.15) is 11.1 Å². The number of benzene rings is 2. The summed E-state index contributed by atoms with van der Waals surface area (Å²) in [4.78, 5) is 16.7. The Morgan fingerprint density at radius 3 is 2.89 bits per heavy atom. The van der Waals surface area contributed by atoms with Gasteiger partial charge in [0.2, 0.25) is 5.88 Å². The Kier molecular flexibility index (Phi) is 4.77. The van der Waals surface area contributed by atoms with Crippen LogP contribution in [0.15, 0.2) is 60.8 Å². The zero-order valence-corrected chi connectivity index (χ0v) is 15.0. The summed E-state index contributed by atoms with van der Waals surface area (Å²) in [5.74, 6) is -0.120. The molecule has 0 radical (unpaired) electrons. The van der Waals surface area contributed by atoms with Crippen LogP contribution in [0.25, 0.3) is 11.1 Å². The normalized spacial score (nSPS) is 15.1. The van der Waals surface area contributed by atoms with Gasteiger partial charge in [0, 0.05) is 29.7 Å². The molecule has 3 aromatic rings. The summed E-state index contributed by atoms with van der Waals surface area (Å²) < 4.78 is 19.3. The highest BCUT2D eigenvalue weighted by Gasteiger charge is 2.32. The highest BCUT2D eigenvalue weighted by molar-refractivity contribution is 6.30. The molecule has 0 saturated heterocycles. The smallest absolute Gasteiger partial charge is 0.261 e. The van der Waals surface area contributed by atoms with E-state index in [9.17, 15) is 9.18 Å². The van der Waals surface area contributed by atoms with Gasteiger partial charge in [-0.25, -0.2) is 9.37 Å². The van der Waals surface area contributed by atoms with E-state index in [-0.39, 0.29) is 11.7 Å². The van der Waals surface area contributed by atoms with Crippen molar-refractivity contribution in [3.05, 3.63) is 82.8 Å². The molecule has 0 spiro atoms. The summed E-state index contributed by atoms with van der Waals surface area (Å²) in [5.41, 5.74) is 3.28. The lowest BCUT2D eigenvalue weighted by Crippen LogP contribution is -2.37. The molecule has 6 heteroatoms. The second kappa shape index (κ2) is 7.37. The van der Waals surface area contributed by atoms with Crippen molar-refractivity contribution in [2.75, 3.05) is 0 Å². The first kappa shape index (κ1) is 17.5. The summed E-state index contributed by atoms with van der Waals surface area (Å²) in [5, 5.41) is 3.48. The molecule has 0 bridgehead atoms. The monoisotopic (exact) mass is 382 g/mol. The fourth-order valence-electron chi connectivity index (χ4n) is 3.16. The Hall–Kier alpha value is -2.92. The first-order valence-electron chi connectivity index (χ1n) is 8.53. The first-order valence-corrected chi connectivity index (χ1v) is 8.90. The van der Waals surface area contributed by atoms with Crippen LogP contribution in [-0.2, 0) is 17.8 Å². The largest absolute Gasteiger partial charge is 0.464 e. The van der Waals surface area contributed by atoms with Crippen molar-refractivity contribution in [3.8, 4) is 17.0 Å².